The molecule has 2 aromatic rings. The molecule has 1 atom stereocenters. The van der Waals surface area contributed by atoms with Crippen molar-refractivity contribution in [3.8, 4) is 0 Å². The molecule has 2 heterocycles. The van der Waals surface area contributed by atoms with Gasteiger partial charge in [-0.15, -0.1) is 11.3 Å². The van der Waals surface area contributed by atoms with Gasteiger partial charge in [-0.2, -0.15) is 13.2 Å². The fourth-order valence-corrected chi connectivity index (χ4v) is 3.15. The van der Waals surface area contributed by atoms with E-state index in [1.54, 1.807) is 23.6 Å². The Labute approximate surface area is 128 Å². The van der Waals surface area contributed by atoms with Gasteiger partial charge in [0.1, 0.15) is 6.29 Å². The summed E-state index contributed by atoms with van der Waals surface area (Å²) in [5, 5.41) is 5.22. The number of thiophene rings is 1. The number of nitrogens with zero attached hydrogens (tertiary/aromatic N) is 1. The third-order valence-electron chi connectivity index (χ3n) is 3.49. The van der Waals surface area contributed by atoms with E-state index in [4.69, 9.17) is 4.84 Å². The maximum atomic E-state index is 13.5. The molecule has 0 saturated heterocycles. The highest BCUT2D eigenvalue weighted by atomic mass is 32.1. The second-order valence-electron chi connectivity index (χ2n) is 4.85. The Morgan fingerprint density at radius 3 is 2.50 bits per heavy atom. The van der Waals surface area contributed by atoms with Gasteiger partial charge in [0.15, 0.2) is 0 Å². The van der Waals surface area contributed by atoms with Gasteiger partial charge in [-0.05, 0) is 17.0 Å². The van der Waals surface area contributed by atoms with Crippen LogP contribution in [0.4, 0.5) is 13.2 Å². The SMILES string of the molecule is O=Cc1ccc(C2=NOC(c3cccs3)(C(F)(F)F)C2)cc1. The molecule has 0 radical (unpaired) electrons. The predicted octanol–water partition coefficient (Wildman–Crippen LogP) is 4.14. The Morgan fingerprint density at radius 1 is 1.23 bits per heavy atom. The molecule has 0 amide bonds. The van der Waals surface area contributed by atoms with Crippen molar-refractivity contribution in [1.82, 2.24) is 0 Å². The number of hydrogen-bond acceptors (Lipinski definition) is 4. The lowest BCUT2D eigenvalue weighted by Crippen LogP contribution is -2.42. The number of oxime groups is 1. The molecule has 3 nitrogen and oxygen atoms in total. The first-order valence-electron chi connectivity index (χ1n) is 6.38. The highest BCUT2D eigenvalue weighted by molar-refractivity contribution is 7.10. The highest BCUT2D eigenvalue weighted by Gasteiger charge is 2.62. The molecule has 1 aromatic carbocycles. The molecule has 0 bridgehead atoms. The topological polar surface area (TPSA) is 38.7 Å². The molecule has 22 heavy (non-hydrogen) atoms. The van der Waals surface area contributed by atoms with Crippen LogP contribution in [0.25, 0.3) is 0 Å². The van der Waals surface area contributed by atoms with Crippen LogP contribution in [0, 0.1) is 0 Å². The molecular formula is C15H10F3NO2S. The van der Waals surface area contributed by atoms with E-state index in [0.29, 0.717) is 17.4 Å². The number of benzene rings is 1. The summed E-state index contributed by atoms with van der Waals surface area (Å²) < 4.78 is 40.6. The van der Waals surface area contributed by atoms with Gasteiger partial charge in [0.25, 0.3) is 5.60 Å². The number of carbonyl (C=O) groups excluding carboxylic acids is 1. The molecule has 0 fully saturated rings. The lowest BCUT2D eigenvalue weighted by Gasteiger charge is -2.27. The molecular weight excluding hydrogens is 315 g/mol. The second kappa shape index (κ2) is 5.24. The average molecular weight is 325 g/mol. The fraction of sp³-hybridized carbons (Fsp3) is 0.200. The quantitative estimate of drug-likeness (QED) is 0.796. The number of hydrogen-bond donors (Lipinski definition) is 0. The zero-order valence-electron chi connectivity index (χ0n) is 11.1. The van der Waals surface area contributed by atoms with E-state index in [9.17, 15) is 18.0 Å². The van der Waals surface area contributed by atoms with Crippen LogP contribution in [0.3, 0.4) is 0 Å². The number of rotatable bonds is 3. The molecule has 1 aromatic heterocycles. The van der Waals surface area contributed by atoms with E-state index in [-0.39, 0.29) is 10.6 Å². The second-order valence-corrected chi connectivity index (χ2v) is 5.80. The average Bonchev–Trinajstić information content (AvgIpc) is 3.16. The maximum Gasteiger partial charge on any atom is 0.436 e. The first-order chi connectivity index (χ1) is 10.5. The van der Waals surface area contributed by atoms with Gasteiger partial charge in [0.05, 0.1) is 17.0 Å². The normalized spacial score (nSPS) is 21.3. The molecule has 0 aliphatic carbocycles. The Morgan fingerprint density at radius 2 is 1.95 bits per heavy atom. The summed E-state index contributed by atoms with van der Waals surface area (Å²) in [6.45, 7) is 0. The van der Waals surface area contributed by atoms with Crippen LogP contribution in [-0.2, 0) is 10.4 Å². The minimum Gasteiger partial charge on any atom is -0.373 e. The number of aldehydes is 1. The van der Waals surface area contributed by atoms with E-state index in [1.807, 2.05) is 0 Å². The number of alkyl halides is 3. The Balaban J connectivity index is 1.94. The van der Waals surface area contributed by atoms with E-state index in [1.165, 1.54) is 18.2 Å². The van der Waals surface area contributed by atoms with Gasteiger partial charge in [0, 0.05) is 5.56 Å². The summed E-state index contributed by atoms with van der Waals surface area (Å²) in [6, 6.07) is 9.13. The monoisotopic (exact) mass is 325 g/mol. The van der Waals surface area contributed by atoms with Crippen molar-refractivity contribution in [1.29, 1.82) is 0 Å². The molecule has 0 saturated carbocycles. The van der Waals surface area contributed by atoms with E-state index in [0.717, 1.165) is 11.3 Å². The van der Waals surface area contributed by atoms with Crippen LogP contribution >= 0.6 is 11.3 Å². The van der Waals surface area contributed by atoms with Gasteiger partial charge in [-0.25, -0.2) is 0 Å². The molecule has 1 aliphatic heterocycles. The lowest BCUT2D eigenvalue weighted by molar-refractivity contribution is -0.274. The summed E-state index contributed by atoms with van der Waals surface area (Å²) in [5.74, 6) is 0. The fourth-order valence-electron chi connectivity index (χ4n) is 2.27. The van der Waals surface area contributed by atoms with Crippen molar-refractivity contribution in [3.05, 3.63) is 57.8 Å². The third kappa shape index (κ3) is 2.31. The van der Waals surface area contributed by atoms with Gasteiger partial charge < -0.3 is 4.84 Å². The summed E-state index contributed by atoms with van der Waals surface area (Å²) in [6.07, 6.45) is -4.30. The Kier molecular flexibility index (Phi) is 3.52. The summed E-state index contributed by atoms with van der Waals surface area (Å²) in [7, 11) is 0. The smallest absolute Gasteiger partial charge is 0.373 e. The molecule has 114 valence electrons. The molecule has 7 heteroatoms. The minimum absolute atomic E-state index is 0.0725. The van der Waals surface area contributed by atoms with Gasteiger partial charge in [0.2, 0.25) is 0 Å². The summed E-state index contributed by atoms with van der Waals surface area (Å²) in [4.78, 5) is 15.6. The van der Waals surface area contributed by atoms with Crippen LogP contribution < -0.4 is 0 Å². The zero-order valence-corrected chi connectivity index (χ0v) is 11.9. The molecule has 3 rings (SSSR count). The van der Waals surface area contributed by atoms with Gasteiger partial charge >= 0.3 is 6.18 Å². The largest absolute Gasteiger partial charge is 0.436 e. The number of halogens is 3. The Hall–Kier alpha value is -2.15. The zero-order chi connectivity index (χ0) is 15.8. The maximum absolute atomic E-state index is 13.5. The van der Waals surface area contributed by atoms with Crippen LogP contribution in [-0.4, -0.2) is 18.2 Å². The Bertz CT molecular complexity index is 707. The van der Waals surface area contributed by atoms with Crippen molar-refractivity contribution < 1.29 is 22.8 Å². The van der Waals surface area contributed by atoms with Crippen LogP contribution in [0.5, 0.6) is 0 Å². The lowest BCUT2D eigenvalue weighted by atomic mass is 9.92. The van der Waals surface area contributed by atoms with Crippen LogP contribution in [0.2, 0.25) is 0 Å². The van der Waals surface area contributed by atoms with Crippen molar-refractivity contribution in [2.45, 2.75) is 18.2 Å². The first kappa shape index (κ1) is 14.8. The molecule has 1 aliphatic rings. The highest BCUT2D eigenvalue weighted by Crippen LogP contribution is 2.50. The van der Waals surface area contributed by atoms with Crippen molar-refractivity contribution >= 4 is 23.3 Å². The van der Waals surface area contributed by atoms with Crippen molar-refractivity contribution in [2.75, 3.05) is 0 Å². The van der Waals surface area contributed by atoms with Gasteiger partial charge in [-0.1, -0.05) is 35.5 Å². The van der Waals surface area contributed by atoms with Crippen LogP contribution in [0.15, 0.2) is 46.9 Å². The van der Waals surface area contributed by atoms with Crippen LogP contribution in [0.1, 0.15) is 27.2 Å². The van der Waals surface area contributed by atoms with E-state index >= 15 is 0 Å². The first-order valence-corrected chi connectivity index (χ1v) is 7.25. The van der Waals surface area contributed by atoms with Crippen molar-refractivity contribution in [2.24, 2.45) is 5.16 Å². The van der Waals surface area contributed by atoms with Crippen molar-refractivity contribution in [3.63, 3.8) is 0 Å². The van der Waals surface area contributed by atoms with Gasteiger partial charge in [-0.3, -0.25) is 4.79 Å². The standard InChI is InChI=1S/C15H10F3NO2S/c16-15(17,18)14(13-2-1-7-22-13)8-12(19-21-14)11-5-3-10(9-20)4-6-11/h1-7,9H,8H2. The number of carbonyl (C=O) groups is 1. The van der Waals surface area contributed by atoms with E-state index < -0.39 is 18.2 Å². The predicted molar refractivity (Wildman–Crippen MR) is 76.1 cm³/mol. The molecule has 1 unspecified atom stereocenters. The molecule has 0 spiro atoms. The minimum atomic E-state index is -4.58. The molecule has 0 N–H and O–H groups in total. The van der Waals surface area contributed by atoms with E-state index in [2.05, 4.69) is 5.16 Å². The summed E-state index contributed by atoms with van der Waals surface area (Å²) in [5.41, 5.74) is -1.26. The summed E-state index contributed by atoms with van der Waals surface area (Å²) >= 11 is 0.985. The third-order valence-corrected chi connectivity index (χ3v) is 4.50.